The number of nitrogens with zero attached hydrogens (tertiary/aromatic N) is 2. The number of aryl methyl sites for hydroxylation is 1. The van der Waals surface area contributed by atoms with Gasteiger partial charge >= 0.3 is 6.09 Å². The first-order chi connectivity index (χ1) is 13.2. The van der Waals surface area contributed by atoms with Crippen LogP contribution in [0, 0.1) is 6.92 Å². The number of morpholine rings is 1. The highest BCUT2D eigenvalue weighted by Gasteiger charge is 2.50. The lowest BCUT2D eigenvalue weighted by atomic mass is 9.75. The molecule has 0 radical (unpaired) electrons. The minimum atomic E-state index is -1.02. The number of piperidine rings is 1. The maximum Gasteiger partial charge on any atom is 0.410 e. The summed E-state index contributed by atoms with van der Waals surface area (Å²) in [6, 6.07) is 7.51. The maximum atomic E-state index is 12.8. The third-order valence-electron chi connectivity index (χ3n) is 5.69. The minimum Gasteiger partial charge on any atom is -0.444 e. The van der Waals surface area contributed by atoms with Crippen LogP contribution in [0.5, 0.6) is 0 Å². The summed E-state index contributed by atoms with van der Waals surface area (Å²) in [5.74, 6) is 0. The lowest BCUT2D eigenvalue weighted by Gasteiger charge is -2.51. The number of hydrogen-bond donors (Lipinski definition) is 1. The first-order valence-corrected chi connectivity index (χ1v) is 9.84. The highest BCUT2D eigenvalue weighted by atomic mass is 16.6. The van der Waals surface area contributed by atoms with E-state index in [1.165, 1.54) is 0 Å². The summed E-state index contributed by atoms with van der Waals surface area (Å²) in [5, 5.41) is 12.7. The predicted octanol–water partition coefficient (Wildman–Crippen LogP) is 3.53. The molecule has 6 nitrogen and oxygen atoms in total. The zero-order valence-corrected chi connectivity index (χ0v) is 16.9. The summed E-state index contributed by atoms with van der Waals surface area (Å²) < 4.78 is 11.3. The van der Waals surface area contributed by atoms with Crippen LogP contribution in [0.2, 0.25) is 0 Å². The maximum absolute atomic E-state index is 12.8. The molecule has 0 aliphatic carbocycles. The van der Waals surface area contributed by atoms with Crippen LogP contribution in [-0.2, 0) is 15.1 Å². The molecule has 2 unspecified atom stereocenters. The van der Waals surface area contributed by atoms with Crippen molar-refractivity contribution in [2.45, 2.75) is 63.8 Å². The number of benzene rings is 1. The molecule has 2 aliphatic heterocycles. The van der Waals surface area contributed by atoms with Crippen LogP contribution in [0.25, 0.3) is 10.9 Å². The Morgan fingerprint density at radius 1 is 1.25 bits per heavy atom. The number of rotatable bonds is 1. The molecular weight excluding hydrogens is 356 g/mol. The van der Waals surface area contributed by atoms with Crippen molar-refractivity contribution in [2.75, 3.05) is 13.2 Å². The monoisotopic (exact) mass is 384 g/mol. The molecule has 2 atom stereocenters. The quantitative estimate of drug-likeness (QED) is 0.814. The van der Waals surface area contributed by atoms with Crippen LogP contribution in [0.4, 0.5) is 4.79 Å². The number of carbonyl (C=O) groups is 1. The Morgan fingerprint density at radius 3 is 2.57 bits per heavy atom. The molecule has 1 aromatic heterocycles. The fourth-order valence-corrected chi connectivity index (χ4v) is 4.60. The van der Waals surface area contributed by atoms with Crippen molar-refractivity contribution in [2.24, 2.45) is 0 Å². The second kappa shape index (κ2) is 6.71. The molecule has 1 aromatic carbocycles. The zero-order valence-electron chi connectivity index (χ0n) is 16.9. The van der Waals surface area contributed by atoms with Gasteiger partial charge < -0.3 is 14.6 Å². The SMILES string of the molecule is Cc1c(C2(O)CC3COCC(C2)N3C(=O)OC(C)(C)C)ccc2cccnc12. The fourth-order valence-electron chi connectivity index (χ4n) is 4.60. The molecule has 6 heteroatoms. The smallest absolute Gasteiger partial charge is 0.410 e. The molecule has 2 saturated heterocycles. The Morgan fingerprint density at radius 2 is 1.93 bits per heavy atom. The summed E-state index contributed by atoms with van der Waals surface area (Å²) in [4.78, 5) is 19.1. The summed E-state index contributed by atoms with van der Waals surface area (Å²) in [5.41, 5.74) is 1.21. The Hall–Kier alpha value is -2.18. The number of hydrogen-bond acceptors (Lipinski definition) is 5. The van der Waals surface area contributed by atoms with Crippen molar-refractivity contribution in [3.63, 3.8) is 0 Å². The van der Waals surface area contributed by atoms with Gasteiger partial charge in [0.1, 0.15) is 5.60 Å². The molecule has 1 amide bonds. The van der Waals surface area contributed by atoms with E-state index in [1.807, 2.05) is 52.0 Å². The number of fused-ring (bicyclic) bond motifs is 3. The third-order valence-corrected chi connectivity index (χ3v) is 5.69. The Labute approximate surface area is 165 Å². The summed E-state index contributed by atoms with van der Waals surface area (Å²) >= 11 is 0. The van der Waals surface area contributed by atoms with Crippen LogP contribution in [0.1, 0.15) is 44.7 Å². The van der Waals surface area contributed by atoms with Gasteiger partial charge in [-0.15, -0.1) is 0 Å². The molecule has 150 valence electrons. The lowest BCUT2D eigenvalue weighted by molar-refractivity contribution is -0.141. The van der Waals surface area contributed by atoms with Crippen LogP contribution in [0.3, 0.4) is 0 Å². The van der Waals surface area contributed by atoms with Gasteiger partial charge in [-0.25, -0.2) is 4.79 Å². The van der Waals surface area contributed by atoms with Gasteiger partial charge in [0.05, 0.1) is 36.4 Å². The summed E-state index contributed by atoms with van der Waals surface area (Å²) in [7, 11) is 0. The number of aromatic nitrogens is 1. The van der Waals surface area contributed by atoms with Crippen LogP contribution in [-0.4, -0.2) is 52.0 Å². The van der Waals surface area contributed by atoms with E-state index in [4.69, 9.17) is 9.47 Å². The van der Waals surface area contributed by atoms with Gasteiger partial charge in [-0.1, -0.05) is 18.2 Å². The molecule has 4 rings (SSSR count). The van der Waals surface area contributed by atoms with Crippen LogP contribution >= 0.6 is 0 Å². The first kappa shape index (κ1) is 19.2. The number of aliphatic hydroxyl groups is 1. The molecule has 3 heterocycles. The largest absolute Gasteiger partial charge is 0.444 e. The second-order valence-electron chi connectivity index (χ2n) is 8.99. The van der Waals surface area contributed by atoms with E-state index in [-0.39, 0.29) is 18.2 Å². The van der Waals surface area contributed by atoms with Crippen molar-refractivity contribution in [1.29, 1.82) is 0 Å². The molecule has 2 bridgehead atoms. The normalized spacial score (nSPS) is 27.7. The molecular formula is C22H28N2O4. The van der Waals surface area contributed by atoms with Gasteiger partial charge in [0, 0.05) is 24.4 Å². The first-order valence-electron chi connectivity index (χ1n) is 9.84. The topological polar surface area (TPSA) is 71.9 Å². The van der Waals surface area contributed by atoms with Gasteiger partial charge in [0.15, 0.2) is 0 Å². The Balaban J connectivity index is 1.67. The van der Waals surface area contributed by atoms with Crippen molar-refractivity contribution in [3.05, 3.63) is 41.6 Å². The van der Waals surface area contributed by atoms with Gasteiger partial charge in [0.2, 0.25) is 0 Å². The van der Waals surface area contributed by atoms with Gasteiger partial charge in [-0.2, -0.15) is 0 Å². The fraction of sp³-hybridized carbons (Fsp3) is 0.545. The number of ether oxygens (including phenoxy) is 2. The molecule has 1 N–H and O–H groups in total. The Bertz CT molecular complexity index is 891. The van der Waals surface area contributed by atoms with E-state index < -0.39 is 11.2 Å². The zero-order chi connectivity index (χ0) is 20.1. The Kier molecular flexibility index (Phi) is 4.59. The number of carbonyl (C=O) groups excluding carboxylic acids is 1. The molecule has 2 aliphatic rings. The van der Waals surface area contributed by atoms with Crippen molar-refractivity contribution < 1.29 is 19.4 Å². The van der Waals surface area contributed by atoms with E-state index in [0.29, 0.717) is 26.1 Å². The standard InChI is InChI=1S/C22H28N2O4/c1-14-18(8-7-15-6-5-9-23-19(14)15)22(26)10-16-12-27-13-17(11-22)24(16)20(25)28-21(2,3)4/h5-9,16-17,26H,10-13H2,1-4H3. The highest BCUT2D eigenvalue weighted by molar-refractivity contribution is 5.83. The van der Waals surface area contributed by atoms with Gasteiger partial charge in [-0.05, 0) is 44.9 Å². The minimum absolute atomic E-state index is 0.217. The molecule has 2 aromatic rings. The summed E-state index contributed by atoms with van der Waals surface area (Å²) in [6.07, 6.45) is 2.28. The number of pyridine rings is 1. The van der Waals surface area contributed by atoms with Crippen LogP contribution in [0.15, 0.2) is 30.5 Å². The van der Waals surface area contributed by atoms with E-state index in [2.05, 4.69) is 4.98 Å². The van der Waals surface area contributed by atoms with E-state index >= 15 is 0 Å². The van der Waals surface area contributed by atoms with Crippen molar-refractivity contribution in [3.8, 4) is 0 Å². The number of amides is 1. The second-order valence-corrected chi connectivity index (χ2v) is 8.99. The lowest BCUT2D eigenvalue weighted by Crippen LogP contribution is -2.63. The van der Waals surface area contributed by atoms with Crippen molar-refractivity contribution in [1.82, 2.24) is 9.88 Å². The molecule has 0 spiro atoms. The average molecular weight is 384 g/mol. The van der Waals surface area contributed by atoms with E-state index in [1.54, 1.807) is 11.1 Å². The average Bonchev–Trinajstić information content (AvgIpc) is 2.59. The summed E-state index contributed by atoms with van der Waals surface area (Å²) in [6.45, 7) is 8.41. The van der Waals surface area contributed by atoms with Crippen molar-refractivity contribution >= 4 is 17.0 Å². The van der Waals surface area contributed by atoms with E-state index in [9.17, 15) is 9.90 Å². The van der Waals surface area contributed by atoms with Gasteiger partial charge in [0.25, 0.3) is 0 Å². The molecule has 0 saturated carbocycles. The predicted molar refractivity (Wildman–Crippen MR) is 106 cm³/mol. The molecule has 2 fully saturated rings. The van der Waals surface area contributed by atoms with Gasteiger partial charge in [-0.3, -0.25) is 9.88 Å². The highest BCUT2D eigenvalue weighted by Crippen LogP contribution is 2.43. The van der Waals surface area contributed by atoms with Crippen LogP contribution < -0.4 is 0 Å². The third kappa shape index (κ3) is 3.35. The van der Waals surface area contributed by atoms with E-state index in [0.717, 1.165) is 22.0 Å². The molecule has 28 heavy (non-hydrogen) atoms.